The molecule has 1 aliphatic heterocycles. The van der Waals surface area contributed by atoms with E-state index >= 15 is 0 Å². The summed E-state index contributed by atoms with van der Waals surface area (Å²) in [7, 11) is 1.65. The lowest BCUT2D eigenvalue weighted by molar-refractivity contribution is -0.127. The van der Waals surface area contributed by atoms with Crippen LogP contribution in [0.15, 0.2) is 36.7 Å². The molecule has 2 N–H and O–H groups in total. The van der Waals surface area contributed by atoms with Crippen molar-refractivity contribution in [3.05, 3.63) is 42.2 Å². The van der Waals surface area contributed by atoms with Gasteiger partial charge in [0, 0.05) is 18.3 Å². The van der Waals surface area contributed by atoms with Crippen LogP contribution in [-0.2, 0) is 11.3 Å². The van der Waals surface area contributed by atoms with Gasteiger partial charge >= 0.3 is 0 Å². The van der Waals surface area contributed by atoms with Crippen molar-refractivity contribution >= 4 is 5.91 Å². The van der Waals surface area contributed by atoms with Crippen molar-refractivity contribution in [3.8, 4) is 11.4 Å². The molecule has 138 valence electrons. The summed E-state index contributed by atoms with van der Waals surface area (Å²) in [5, 5.41) is 10.9. The van der Waals surface area contributed by atoms with Crippen molar-refractivity contribution < 1.29 is 9.53 Å². The van der Waals surface area contributed by atoms with E-state index in [1.54, 1.807) is 18.0 Å². The van der Waals surface area contributed by atoms with E-state index in [9.17, 15) is 4.79 Å². The van der Waals surface area contributed by atoms with Crippen LogP contribution in [0.1, 0.15) is 31.7 Å². The highest BCUT2D eigenvalue weighted by atomic mass is 16.5. The molecule has 1 saturated heterocycles. The maximum atomic E-state index is 12.8. The number of rotatable bonds is 5. The molecule has 6 heteroatoms. The first kappa shape index (κ1) is 17.1. The minimum atomic E-state index is -0.215. The number of nitrogens with zero attached hydrogens (tertiary/aromatic N) is 2. The highest BCUT2D eigenvalue weighted by Crippen LogP contribution is 2.68. The van der Waals surface area contributed by atoms with Crippen LogP contribution < -0.4 is 15.4 Å². The monoisotopic (exact) mass is 354 g/mol. The van der Waals surface area contributed by atoms with Gasteiger partial charge in [-0.1, -0.05) is 19.1 Å². The number of carbonyl (C=O) groups excluding carboxylic acids is 1. The van der Waals surface area contributed by atoms with Gasteiger partial charge in [0.25, 0.3) is 0 Å². The topological polar surface area (TPSA) is 68.2 Å². The quantitative estimate of drug-likeness (QED) is 0.864. The fourth-order valence-electron chi connectivity index (χ4n) is 4.37. The number of carbonyl (C=O) groups is 1. The lowest BCUT2D eigenvalue weighted by atomic mass is 9.85. The van der Waals surface area contributed by atoms with Gasteiger partial charge in [-0.05, 0) is 49.9 Å². The SMILES string of the molecule is COc1ccccc1-n1cc(CNC(=O)C2(C)CC23CCNCC3)cn1. The molecule has 2 fully saturated rings. The number of para-hydroxylation sites is 2. The van der Waals surface area contributed by atoms with Crippen molar-refractivity contribution in [2.75, 3.05) is 20.2 Å². The van der Waals surface area contributed by atoms with E-state index in [1.807, 2.05) is 30.5 Å². The fraction of sp³-hybridized carbons (Fsp3) is 0.500. The zero-order valence-corrected chi connectivity index (χ0v) is 15.4. The van der Waals surface area contributed by atoms with Gasteiger partial charge in [-0.25, -0.2) is 4.68 Å². The van der Waals surface area contributed by atoms with Gasteiger partial charge in [-0.3, -0.25) is 4.79 Å². The first-order chi connectivity index (χ1) is 12.6. The fourth-order valence-corrected chi connectivity index (χ4v) is 4.37. The molecule has 1 amide bonds. The van der Waals surface area contributed by atoms with Gasteiger partial charge in [0.2, 0.25) is 5.91 Å². The Kier molecular flexibility index (Phi) is 4.23. The van der Waals surface area contributed by atoms with Crippen molar-refractivity contribution in [2.24, 2.45) is 10.8 Å². The molecule has 0 bridgehead atoms. The third-order valence-electron chi connectivity index (χ3n) is 6.22. The van der Waals surface area contributed by atoms with E-state index in [1.165, 1.54) is 0 Å². The van der Waals surface area contributed by atoms with E-state index < -0.39 is 0 Å². The number of methoxy groups -OCH3 is 1. The molecule has 6 nitrogen and oxygen atoms in total. The Balaban J connectivity index is 1.40. The molecule has 1 aromatic heterocycles. The highest BCUT2D eigenvalue weighted by Gasteiger charge is 2.67. The summed E-state index contributed by atoms with van der Waals surface area (Å²) in [5.41, 5.74) is 1.86. The average Bonchev–Trinajstić information content (AvgIpc) is 3.04. The second kappa shape index (κ2) is 6.43. The average molecular weight is 354 g/mol. The third-order valence-corrected chi connectivity index (χ3v) is 6.22. The van der Waals surface area contributed by atoms with Gasteiger partial charge in [-0.2, -0.15) is 5.10 Å². The largest absolute Gasteiger partial charge is 0.494 e. The molecule has 4 rings (SSSR count). The Hall–Kier alpha value is -2.34. The summed E-state index contributed by atoms with van der Waals surface area (Å²) >= 11 is 0. The van der Waals surface area contributed by atoms with E-state index in [4.69, 9.17) is 4.74 Å². The van der Waals surface area contributed by atoms with Crippen LogP contribution >= 0.6 is 0 Å². The molecule has 0 radical (unpaired) electrons. The van der Waals surface area contributed by atoms with Gasteiger partial charge in [0.15, 0.2) is 0 Å². The second-order valence-electron chi connectivity index (χ2n) is 7.69. The molecule has 2 heterocycles. The Morgan fingerprint density at radius 2 is 2.12 bits per heavy atom. The van der Waals surface area contributed by atoms with Crippen LogP contribution in [0, 0.1) is 10.8 Å². The number of benzene rings is 1. The molecule has 1 aliphatic carbocycles. The van der Waals surface area contributed by atoms with Gasteiger partial charge in [0.1, 0.15) is 11.4 Å². The molecule has 1 saturated carbocycles. The molecular formula is C20H26N4O2. The molecule has 26 heavy (non-hydrogen) atoms. The molecule has 1 spiro atoms. The number of ether oxygens (including phenoxy) is 1. The van der Waals surface area contributed by atoms with Crippen molar-refractivity contribution in [2.45, 2.75) is 32.7 Å². The maximum absolute atomic E-state index is 12.8. The van der Waals surface area contributed by atoms with E-state index in [0.29, 0.717) is 6.54 Å². The van der Waals surface area contributed by atoms with E-state index in [2.05, 4.69) is 22.7 Å². The van der Waals surface area contributed by atoms with E-state index in [-0.39, 0.29) is 16.7 Å². The Morgan fingerprint density at radius 1 is 1.35 bits per heavy atom. The summed E-state index contributed by atoms with van der Waals surface area (Å²) in [5.74, 6) is 0.939. The number of piperidine rings is 1. The summed E-state index contributed by atoms with van der Waals surface area (Å²) in [6.45, 7) is 4.66. The van der Waals surface area contributed by atoms with E-state index in [0.717, 1.165) is 49.4 Å². The van der Waals surface area contributed by atoms with Crippen molar-refractivity contribution in [1.82, 2.24) is 20.4 Å². The van der Waals surface area contributed by atoms with Gasteiger partial charge < -0.3 is 15.4 Å². The minimum absolute atomic E-state index is 0.171. The zero-order chi connectivity index (χ0) is 18.2. The normalized spacial score (nSPS) is 23.6. The Morgan fingerprint density at radius 3 is 2.88 bits per heavy atom. The molecule has 1 aromatic carbocycles. The molecule has 2 aromatic rings. The summed E-state index contributed by atoms with van der Waals surface area (Å²) < 4.78 is 7.17. The lowest BCUT2D eigenvalue weighted by Crippen LogP contribution is -2.38. The minimum Gasteiger partial charge on any atom is -0.494 e. The molecule has 2 aliphatic rings. The molecular weight excluding hydrogens is 328 g/mol. The first-order valence-corrected chi connectivity index (χ1v) is 9.24. The Bertz CT molecular complexity index is 810. The molecule has 1 atom stereocenters. The van der Waals surface area contributed by atoms with Crippen LogP contribution in [0.3, 0.4) is 0 Å². The standard InChI is InChI=1S/C20H26N4O2/c1-19(14-20(19)7-9-21-10-8-20)18(25)22-11-15-12-23-24(13-15)16-5-3-4-6-17(16)26-2/h3-6,12-13,21H,7-11,14H2,1-2H3,(H,22,25). The van der Waals surface area contributed by atoms with Crippen LogP contribution in [0.5, 0.6) is 5.75 Å². The smallest absolute Gasteiger partial charge is 0.226 e. The number of amides is 1. The second-order valence-corrected chi connectivity index (χ2v) is 7.69. The summed E-state index contributed by atoms with van der Waals surface area (Å²) in [6, 6.07) is 7.75. The predicted molar refractivity (Wildman–Crippen MR) is 99.2 cm³/mol. The summed E-state index contributed by atoms with van der Waals surface area (Å²) in [6.07, 6.45) is 6.94. The number of aromatic nitrogens is 2. The van der Waals surface area contributed by atoms with Gasteiger partial charge in [-0.15, -0.1) is 0 Å². The van der Waals surface area contributed by atoms with Crippen molar-refractivity contribution in [1.29, 1.82) is 0 Å². The van der Waals surface area contributed by atoms with Crippen LogP contribution in [-0.4, -0.2) is 35.9 Å². The molecule has 1 unspecified atom stereocenters. The van der Waals surface area contributed by atoms with Crippen LogP contribution in [0.4, 0.5) is 0 Å². The number of nitrogens with one attached hydrogen (secondary N) is 2. The van der Waals surface area contributed by atoms with Crippen molar-refractivity contribution in [3.63, 3.8) is 0 Å². The third kappa shape index (κ3) is 2.78. The van der Waals surface area contributed by atoms with Crippen LogP contribution in [0.25, 0.3) is 5.69 Å². The number of hydrogen-bond donors (Lipinski definition) is 2. The van der Waals surface area contributed by atoms with Crippen LogP contribution in [0.2, 0.25) is 0 Å². The zero-order valence-electron chi connectivity index (χ0n) is 15.4. The first-order valence-electron chi connectivity index (χ1n) is 9.24. The maximum Gasteiger partial charge on any atom is 0.226 e. The Labute approximate surface area is 153 Å². The van der Waals surface area contributed by atoms with Gasteiger partial charge in [0.05, 0.1) is 18.7 Å². The number of hydrogen-bond acceptors (Lipinski definition) is 4. The summed E-state index contributed by atoms with van der Waals surface area (Å²) in [4.78, 5) is 12.8. The lowest BCUT2D eigenvalue weighted by Gasteiger charge is -2.27. The highest BCUT2D eigenvalue weighted by molar-refractivity contribution is 5.86. The predicted octanol–water partition coefficient (Wildman–Crippen LogP) is 2.28.